The molecule has 2 N–H and O–H groups in total. The molecular weight excluding hydrogens is 462 g/mol. The molecule has 1 heterocycles. The van der Waals surface area contributed by atoms with E-state index in [0.717, 1.165) is 49.7 Å². The van der Waals surface area contributed by atoms with Gasteiger partial charge in [0, 0.05) is 42.8 Å². The first-order chi connectivity index (χ1) is 17.0. The van der Waals surface area contributed by atoms with Gasteiger partial charge in [-0.15, -0.1) is 0 Å². The van der Waals surface area contributed by atoms with Gasteiger partial charge in [-0.2, -0.15) is 0 Å². The molecule has 2 aliphatic rings. The van der Waals surface area contributed by atoms with Crippen LogP contribution in [-0.4, -0.2) is 48.1 Å². The second-order valence-corrected chi connectivity index (χ2v) is 9.62. The number of anilines is 2. The summed E-state index contributed by atoms with van der Waals surface area (Å²) in [6.45, 7) is 3.18. The predicted molar refractivity (Wildman–Crippen MR) is 138 cm³/mol. The summed E-state index contributed by atoms with van der Waals surface area (Å²) in [4.78, 5) is 28.7. The zero-order chi connectivity index (χ0) is 24.4. The summed E-state index contributed by atoms with van der Waals surface area (Å²) in [5, 5.41) is 13.3. The third kappa shape index (κ3) is 5.34. The van der Waals surface area contributed by atoms with Gasteiger partial charge in [-0.05, 0) is 54.3 Å². The highest BCUT2D eigenvalue weighted by molar-refractivity contribution is 6.30. The van der Waals surface area contributed by atoms with E-state index in [1.165, 1.54) is 11.1 Å². The Morgan fingerprint density at radius 3 is 2.17 bits per heavy atom. The number of rotatable bonds is 7. The van der Waals surface area contributed by atoms with Crippen LogP contribution < -0.4 is 10.2 Å². The molecule has 2 fully saturated rings. The Kier molecular flexibility index (Phi) is 6.75. The molecule has 180 valence electrons. The molecule has 0 bridgehead atoms. The number of carbonyl (C=O) groups excluding carboxylic acids is 1. The van der Waals surface area contributed by atoms with Gasteiger partial charge in [-0.25, -0.2) is 4.79 Å². The number of carboxylic acid groups (broad SMARTS) is 1. The Hall–Kier alpha value is -3.35. The molecule has 3 aromatic rings. The van der Waals surface area contributed by atoms with E-state index in [1.807, 2.05) is 24.3 Å². The Labute approximate surface area is 210 Å². The Balaban J connectivity index is 1.33. The van der Waals surface area contributed by atoms with Crippen molar-refractivity contribution in [3.8, 4) is 0 Å². The zero-order valence-corrected chi connectivity index (χ0v) is 20.1. The summed E-state index contributed by atoms with van der Waals surface area (Å²) >= 11 is 6.14. The van der Waals surface area contributed by atoms with Crippen molar-refractivity contribution in [2.24, 2.45) is 5.92 Å². The third-order valence-electron chi connectivity index (χ3n) is 6.79. The summed E-state index contributed by atoms with van der Waals surface area (Å²) < 4.78 is 0. The van der Waals surface area contributed by atoms with E-state index in [-0.39, 0.29) is 23.4 Å². The van der Waals surface area contributed by atoms with E-state index in [1.54, 1.807) is 12.1 Å². The van der Waals surface area contributed by atoms with E-state index in [9.17, 15) is 14.7 Å². The molecule has 1 unspecified atom stereocenters. The van der Waals surface area contributed by atoms with Crippen molar-refractivity contribution >= 4 is 34.9 Å². The van der Waals surface area contributed by atoms with Crippen LogP contribution in [0.25, 0.3) is 0 Å². The second kappa shape index (κ2) is 10.1. The smallest absolute Gasteiger partial charge is 0.337 e. The molecule has 6 nitrogen and oxygen atoms in total. The summed E-state index contributed by atoms with van der Waals surface area (Å²) in [5.41, 5.74) is 3.77. The van der Waals surface area contributed by atoms with Crippen LogP contribution in [0.3, 0.4) is 0 Å². The van der Waals surface area contributed by atoms with Crippen molar-refractivity contribution in [3.63, 3.8) is 0 Å². The number of hydrogen-bond acceptors (Lipinski definition) is 4. The van der Waals surface area contributed by atoms with Crippen molar-refractivity contribution in [2.75, 3.05) is 36.4 Å². The summed E-state index contributed by atoms with van der Waals surface area (Å²) in [7, 11) is 0. The molecule has 35 heavy (non-hydrogen) atoms. The molecule has 3 aromatic carbocycles. The number of nitrogens with zero attached hydrogens (tertiary/aromatic N) is 2. The lowest BCUT2D eigenvalue weighted by Crippen LogP contribution is -2.48. The zero-order valence-electron chi connectivity index (χ0n) is 19.4. The maximum atomic E-state index is 12.2. The molecule has 0 spiro atoms. The van der Waals surface area contributed by atoms with E-state index in [4.69, 9.17) is 11.6 Å². The normalized spacial score (nSPS) is 17.1. The van der Waals surface area contributed by atoms with Gasteiger partial charge in [0.25, 0.3) is 0 Å². The van der Waals surface area contributed by atoms with Crippen molar-refractivity contribution < 1.29 is 14.7 Å². The highest BCUT2D eigenvalue weighted by Gasteiger charge is 2.31. The SMILES string of the molecule is O=C(O)c1cc(N2CCN(C(c3ccccc3)c3ccc(Cl)cc3)CC2)ccc1NC(=O)C1CC1. The van der Waals surface area contributed by atoms with Crippen molar-refractivity contribution in [1.82, 2.24) is 4.90 Å². The fraction of sp³-hybridized carbons (Fsp3) is 0.286. The lowest BCUT2D eigenvalue weighted by Gasteiger charge is -2.40. The number of carbonyl (C=O) groups is 2. The first-order valence-electron chi connectivity index (χ1n) is 12.0. The van der Waals surface area contributed by atoms with Crippen LogP contribution in [0.4, 0.5) is 11.4 Å². The molecule has 1 aliphatic carbocycles. The molecular formula is C28H28ClN3O3. The monoisotopic (exact) mass is 489 g/mol. The average Bonchev–Trinajstić information content (AvgIpc) is 3.73. The number of carboxylic acids is 1. The molecule has 0 aromatic heterocycles. The van der Waals surface area contributed by atoms with Gasteiger partial charge in [-0.1, -0.05) is 54.1 Å². The molecule has 7 heteroatoms. The van der Waals surface area contributed by atoms with Crippen LogP contribution in [0.15, 0.2) is 72.8 Å². The molecule has 5 rings (SSSR count). The number of nitrogens with one attached hydrogen (secondary N) is 1. The topological polar surface area (TPSA) is 72.9 Å². The summed E-state index contributed by atoms with van der Waals surface area (Å²) in [5.74, 6) is -1.12. The number of benzene rings is 3. The van der Waals surface area contributed by atoms with E-state index in [2.05, 4.69) is 51.5 Å². The number of amides is 1. The van der Waals surface area contributed by atoms with Crippen molar-refractivity contribution in [1.29, 1.82) is 0 Å². The lowest BCUT2D eigenvalue weighted by molar-refractivity contribution is -0.117. The Morgan fingerprint density at radius 1 is 0.886 bits per heavy atom. The minimum Gasteiger partial charge on any atom is -0.478 e. The summed E-state index contributed by atoms with van der Waals surface area (Å²) in [6, 6.07) is 23.9. The van der Waals surface area contributed by atoms with Gasteiger partial charge in [-0.3, -0.25) is 9.69 Å². The van der Waals surface area contributed by atoms with Crippen LogP contribution >= 0.6 is 11.6 Å². The molecule has 1 amide bonds. The van der Waals surface area contributed by atoms with Gasteiger partial charge >= 0.3 is 5.97 Å². The van der Waals surface area contributed by atoms with Crippen molar-refractivity contribution in [2.45, 2.75) is 18.9 Å². The minimum absolute atomic E-state index is 0.0163. The van der Waals surface area contributed by atoms with Gasteiger partial charge in [0.15, 0.2) is 0 Å². The Bertz CT molecular complexity index is 1200. The number of halogens is 1. The maximum absolute atomic E-state index is 12.2. The van der Waals surface area contributed by atoms with Crippen LogP contribution in [0.5, 0.6) is 0 Å². The molecule has 1 atom stereocenters. The van der Waals surface area contributed by atoms with Gasteiger partial charge in [0.2, 0.25) is 5.91 Å². The first kappa shape index (κ1) is 23.4. The predicted octanol–water partition coefficient (Wildman–Crippen LogP) is 5.30. The van der Waals surface area contributed by atoms with E-state index >= 15 is 0 Å². The maximum Gasteiger partial charge on any atom is 0.337 e. The Morgan fingerprint density at radius 2 is 1.54 bits per heavy atom. The fourth-order valence-corrected chi connectivity index (χ4v) is 4.85. The largest absolute Gasteiger partial charge is 0.478 e. The van der Waals surface area contributed by atoms with Gasteiger partial charge in [0.1, 0.15) is 0 Å². The third-order valence-corrected chi connectivity index (χ3v) is 7.04. The standard InChI is InChI=1S/C28H28ClN3O3/c29-22-10-8-20(9-11-22)26(19-4-2-1-3-5-19)32-16-14-31(15-17-32)23-12-13-25(24(18-23)28(34)35)30-27(33)21-6-7-21/h1-5,8-13,18,21,26H,6-7,14-17H2,(H,30,33)(H,34,35). The van der Waals surface area contributed by atoms with Gasteiger partial charge < -0.3 is 15.3 Å². The molecule has 1 aliphatic heterocycles. The number of aromatic carboxylic acids is 1. The quantitative estimate of drug-likeness (QED) is 0.471. The van der Waals surface area contributed by atoms with E-state index in [0.29, 0.717) is 5.69 Å². The van der Waals surface area contributed by atoms with Gasteiger partial charge in [0.05, 0.1) is 17.3 Å². The van der Waals surface area contributed by atoms with Crippen LogP contribution in [0.2, 0.25) is 5.02 Å². The second-order valence-electron chi connectivity index (χ2n) is 9.19. The molecule has 1 saturated carbocycles. The highest BCUT2D eigenvalue weighted by Crippen LogP contribution is 2.33. The molecule has 1 saturated heterocycles. The number of piperazine rings is 1. The van der Waals surface area contributed by atoms with Crippen LogP contribution in [0.1, 0.15) is 40.4 Å². The highest BCUT2D eigenvalue weighted by atomic mass is 35.5. The molecule has 0 radical (unpaired) electrons. The van der Waals surface area contributed by atoms with Crippen LogP contribution in [-0.2, 0) is 4.79 Å². The lowest BCUT2D eigenvalue weighted by atomic mass is 9.96. The van der Waals surface area contributed by atoms with Crippen molar-refractivity contribution in [3.05, 3.63) is 94.5 Å². The van der Waals surface area contributed by atoms with Crippen LogP contribution in [0, 0.1) is 5.92 Å². The first-order valence-corrected chi connectivity index (χ1v) is 12.3. The fourth-order valence-electron chi connectivity index (χ4n) is 4.73. The van der Waals surface area contributed by atoms with E-state index < -0.39 is 5.97 Å². The minimum atomic E-state index is -1.04. The number of hydrogen-bond donors (Lipinski definition) is 2. The average molecular weight is 490 g/mol. The summed E-state index contributed by atoms with van der Waals surface area (Å²) in [6.07, 6.45) is 1.74.